The fraction of sp³-hybridized carbons (Fsp3) is 0.700. The fourth-order valence-electron chi connectivity index (χ4n) is 0.942. The first-order valence-corrected chi connectivity index (χ1v) is 5.94. The molecule has 0 aromatic rings. The molecule has 0 radical (unpaired) electrons. The van der Waals surface area contributed by atoms with Gasteiger partial charge in [-0.1, -0.05) is 0 Å². The molecule has 7 heteroatoms. The van der Waals surface area contributed by atoms with Gasteiger partial charge in [0.2, 0.25) is 0 Å². The van der Waals surface area contributed by atoms with Gasteiger partial charge >= 0.3 is 22.2 Å². The Labute approximate surface area is 108 Å². The molecule has 0 heterocycles. The van der Waals surface area contributed by atoms with Gasteiger partial charge in [0, 0.05) is 0 Å². The molecule has 0 amide bonds. The lowest BCUT2D eigenvalue weighted by atomic mass is 10.1. The van der Waals surface area contributed by atoms with E-state index >= 15 is 0 Å². The Morgan fingerprint density at radius 1 is 0.824 bits per heavy atom. The maximum Gasteiger partial charge on any atom is 0.346 e. The van der Waals surface area contributed by atoms with E-state index in [1.165, 1.54) is 0 Å². The van der Waals surface area contributed by atoms with E-state index in [2.05, 4.69) is 30.1 Å². The summed E-state index contributed by atoms with van der Waals surface area (Å²) in [4.78, 5) is 34.9. The summed E-state index contributed by atoms with van der Waals surface area (Å²) in [5.74, 6) is -3.13. The van der Waals surface area contributed by atoms with Crippen molar-refractivity contribution in [1.29, 1.82) is 0 Å². The molecule has 0 saturated carbocycles. The average Bonchev–Trinajstić information content (AvgIpc) is 2.28. The Bertz CT molecular complexity index is 256. The van der Waals surface area contributed by atoms with E-state index in [1.807, 2.05) is 0 Å². The van der Waals surface area contributed by atoms with Crippen molar-refractivity contribution in [3.63, 3.8) is 0 Å². The van der Waals surface area contributed by atoms with Gasteiger partial charge in [0.05, 0.1) is 19.8 Å². The van der Waals surface area contributed by atoms with Gasteiger partial charge in [0.15, 0.2) is 0 Å². The Morgan fingerprint density at radius 2 is 1.06 bits per heavy atom. The predicted octanol–water partition coefficient (Wildman–Crippen LogP) is 0.809. The first-order chi connectivity index (χ1) is 7.94. The van der Waals surface area contributed by atoms with Gasteiger partial charge in [-0.25, -0.2) is 14.4 Å². The Hall–Kier alpha value is -1.11. The molecule has 0 N–H and O–H groups in total. The molecule has 6 nitrogen and oxygen atoms in total. The lowest BCUT2D eigenvalue weighted by Gasteiger charge is -2.20. The summed E-state index contributed by atoms with van der Waals surface area (Å²) < 4.78 is 11.7. The second-order valence-electron chi connectivity index (χ2n) is 2.82. The lowest BCUT2D eigenvalue weighted by molar-refractivity contribution is -0.167. The van der Waals surface area contributed by atoms with E-state index in [0.717, 1.165) is 0 Å². The molecular weight excluding hydrogens is 296 g/mol. The number of hydrogen-bond donors (Lipinski definition) is 0. The summed E-state index contributed by atoms with van der Waals surface area (Å²) in [6.07, 6.45) is 0. The first-order valence-electron chi connectivity index (χ1n) is 5.15. The number of ether oxygens (including phenoxy) is 3. The summed E-state index contributed by atoms with van der Waals surface area (Å²) in [5, 5.41) is 0. The molecule has 0 bridgehead atoms. The smallest absolute Gasteiger partial charge is 0.346 e. The minimum atomic E-state index is -2.24. The van der Waals surface area contributed by atoms with Gasteiger partial charge < -0.3 is 14.2 Å². The highest BCUT2D eigenvalue weighted by Gasteiger charge is 2.55. The molecule has 0 aromatic heterocycles. The summed E-state index contributed by atoms with van der Waals surface area (Å²) in [7, 11) is 0. The lowest BCUT2D eigenvalue weighted by Crippen LogP contribution is -2.51. The molecular formula is C10H15BrO6. The molecule has 0 unspecified atom stereocenters. The largest absolute Gasteiger partial charge is 0.464 e. The van der Waals surface area contributed by atoms with E-state index in [9.17, 15) is 14.4 Å². The van der Waals surface area contributed by atoms with Crippen LogP contribution >= 0.6 is 15.9 Å². The zero-order valence-corrected chi connectivity index (χ0v) is 11.5. The maximum atomic E-state index is 11.6. The molecule has 0 aliphatic heterocycles. The standard InChI is InChI=1S/C10H15BrO6/c1-4-15-7(12)10(11,8(13)16-5-2)9(14)17-6-3/h4-6H2,1-3H3. The quantitative estimate of drug-likeness (QED) is 0.313. The second-order valence-corrected chi connectivity index (χ2v) is 4.01. The van der Waals surface area contributed by atoms with Gasteiger partial charge in [-0.15, -0.1) is 0 Å². The molecule has 0 aliphatic rings. The molecule has 0 aliphatic carbocycles. The number of hydrogen-bond acceptors (Lipinski definition) is 6. The van der Waals surface area contributed by atoms with E-state index in [4.69, 9.17) is 0 Å². The molecule has 0 atom stereocenters. The molecule has 0 rings (SSSR count). The number of carbonyl (C=O) groups is 3. The van der Waals surface area contributed by atoms with E-state index in [1.54, 1.807) is 20.8 Å². The van der Waals surface area contributed by atoms with Gasteiger partial charge in [-0.2, -0.15) is 0 Å². The van der Waals surface area contributed by atoms with Gasteiger partial charge in [0.1, 0.15) is 0 Å². The summed E-state index contributed by atoms with van der Waals surface area (Å²) in [5.41, 5.74) is 0. The second kappa shape index (κ2) is 7.26. The third kappa shape index (κ3) is 3.69. The maximum absolute atomic E-state index is 11.6. The summed E-state index contributed by atoms with van der Waals surface area (Å²) >= 11 is 2.76. The Morgan fingerprint density at radius 3 is 1.24 bits per heavy atom. The van der Waals surface area contributed by atoms with E-state index in [-0.39, 0.29) is 19.8 Å². The van der Waals surface area contributed by atoms with Crippen molar-refractivity contribution >= 4 is 33.8 Å². The van der Waals surface area contributed by atoms with Crippen molar-refractivity contribution in [1.82, 2.24) is 0 Å². The van der Waals surface area contributed by atoms with E-state index in [0.29, 0.717) is 0 Å². The fourth-order valence-corrected chi connectivity index (χ4v) is 1.28. The first kappa shape index (κ1) is 15.9. The van der Waals surface area contributed by atoms with Crippen LogP contribution < -0.4 is 0 Å². The van der Waals surface area contributed by atoms with Crippen LogP contribution in [0.5, 0.6) is 0 Å². The number of halogens is 1. The molecule has 0 fully saturated rings. The van der Waals surface area contributed by atoms with Crippen molar-refractivity contribution in [2.24, 2.45) is 0 Å². The van der Waals surface area contributed by atoms with Gasteiger partial charge in [-0.05, 0) is 36.7 Å². The third-order valence-electron chi connectivity index (χ3n) is 1.67. The molecule has 0 spiro atoms. The van der Waals surface area contributed by atoms with Crippen molar-refractivity contribution in [3.05, 3.63) is 0 Å². The number of esters is 3. The molecule has 17 heavy (non-hydrogen) atoms. The summed E-state index contributed by atoms with van der Waals surface area (Å²) in [6, 6.07) is 0. The number of rotatable bonds is 6. The van der Waals surface area contributed by atoms with Crippen LogP contribution in [0.1, 0.15) is 20.8 Å². The minimum Gasteiger partial charge on any atom is -0.464 e. The van der Waals surface area contributed by atoms with Gasteiger partial charge in [0.25, 0.3) is 0 Å². The van der Waals surface area contributed by atoms with Crippen LogP contribution in [-0.2, 0) is 28.6 Å². The zero-order chi connectivity index (χ0) is 13.5. The van der Waals surface area contributed by atoms with Crippen LogP contribution in [0.25, 0.3) is 0 Å². The Balaban J connectivity index is 5.12. The summed E-state index contributed by atoms with van der Waals surface area (Å²) in [6.45, 7) is 4.77. The van der Waals surface area contributed by atoms with Crippen LogP contribution in [0, 0.1) is 0 Å². The predicted molar refractivity (Wildman–Crippen MR) is 61.6 cm³/mol. The molecule has 98 valence electrons. The third-order valence-corrected chi connectivity index (χ3v) is 2.64. The van der Waals surface area contributed by atoms with Crippen molar-refractivity contribution in [3.8, 4) is 0 Å². The number of alkyl halides is 1. The van der Waals surface area contributed by atoms with Crippen molar-refractivity contribution in [2.75, 3.05) is 19.8 Å². The Kier molecular flexibility index (Phi) is 6.79. The minimum absolute atomic E-state index is 0.0327. The van der Waals surface area contributed by atoms with Crippen LogP contribution in [-0.4, -0.2) is 42.1 Å². The zero-order valence-electron chi connectivity index (χ0n) is 9.95. The van der Waals surface area contributed by atoms with Crippen LogP contribution in [0.4, 0.5) is 0 Å². The van der Waals surface area contributed by atoms with Crippen LogP contribution in [0.3, 0.4) is 0 Å². The average molecular weight is 311 g/mol. The molecule has 0 saturated heterocycles. The highest BCUT2D eigenvalue weighted by Crippen LogP contribution is 2.24. The van der Waals surface area contributed by atoms with E-state index < -0.39 is 22.2 Å². The SMILES string of the molecule is CCOC(=O)C(Br)(C(=O)OCC)C(=O)OCC. The van der Waals surface area contributed by atoms with Gasteiger partial charge in [-0.3, -0.25) is 0 Å². The van der Waals surface area contributed by atoms with Crippen molar-refractivity contribution in [2.45, 2.75) is 25.1 Å². The molecule has 0 aromatic carbocycles. The highest BCUT2D eigenvalue weighted by atomic mass is 79.9. The van der Waals surface area contributed by atoms with Crippen LogP contribution in [0.15, 0.2) is 0 Å². The highest BCUT2D eigenvalue weighted by molar-refractivity contribution is 9.11. The normalized spacial score (nSPS) is 10.6. The topological polar surface area (TPSA) is 78.9 Å². The monoisotopic (exact) mass is 310 g/mol. The number of carbonyl (C=O) groups excluding carboxylic acids is 3. The van der Waals surface area contributed by atoms with Crippen LogP contribution in [0.2, 0.25) is 0 Å². The van der Waals surface area contributed by atoms with Crippen molar-refractivity contribution < 1.29 is 28.6 Å².